The first-order chi connectivity index (χ1) is 7.61. The largest absolute Gasteiger partial charge is 0.341 e. The standard InChI is InChI=1S/C13H24N2O/c1-11(12(16)15-9-5-6-10-15)14-13(2)7-3-4-8-13/h11,14H,3-10H2,1-2H3. The van der Waals surface area contributed by atoms with Crippen LogP contribution in [0.1, 0.15) is 52.4 Å². The molecule has 0 aromatic carbocycles. The van der Waals surface area contributed by atoms with E-state index in [1.165, 1.54) is 38.5 Å². The first-order valence-electron chi connectivity index (χ1n) is 6.67. The molecule has 1 N–H and O–H groups in total. The van der Waals surface area contributed by atoms with Crippen LogP contribution < -0.4 is 5.32 Å². The number of carbonyl (C=O) groups is 1. The number of nitrogens with one attached hydrogen (secondary N) is 1. The highest BCUT2D eigenvalue weighted by Gasteiger charge is 2.33. The lowest BCUT2D eigenvalue weighted by atomic mass is 9.99. The molecule has 1 saturated heterocycles. The molecule has 1 aliphatic heterocycles. The monoisotopic (exact) mass is 224 g/mol. The van der Waals surface area contributed by atoms with Crippen LogP contribution in [0.2, 0.25) is 0 Å². The molecule has 0 aromatic rings. The molecule has 1 atom stereocenters. The van der Waals surface area contributed by atoms with Gasteiger partial charge in [-0.1, -0.05) is 12.8 Å². The van der Waals surface area contributed by atoms with Crippen molar-refractivity contribution in [2.45, 2.75) is 64.0 Å². The van der Waals surface area contributed by atoms with E-state index in [1.54, 1.807) is 0 Å². The summed E-state index contributed by atoms with van der Waals surface area (Å²) in [6.45, 7) is 6.20. The fraction of sp³-hybridized carbons (Fsp3) is 0.923. The Kier molecular flexibility index (Phi) is 3.53. The Bertz CT molecular complexity index is 253. The Morgan fingerprint density at radius 2 is 1.75 bits per heavy atom. The normalized spacial score (nSPS) is 26.0. The van der Waals surface area contributed by atoms with Gasteiger partial charge in [0.1, 0.15) is 0 Å². The van der Waals surface area contributed by atoms with Crippen molar-refractivity contribution >= 4 is 5.91 Å². The molecule has 2 rings (SSSR count). The smallest absolute Gasteiger partial charge is 0.239 e. The minimum Gasteiger partial charge on any atom is -0.341 e. The zero-order valence-corrected chi connectivity index (χ0v) is 10.6. The molecule has 1 heterocycles. The molecule has 0 radical (unpaired) electrons. The van der Waals surface area contributed by atoms with Gasteiger partial charge < -0.3 is 10.2 Å². The van der Waals surface area contributed by atoms with Crippen LogP contribution >= 0.6 is 0 Å². The third-order valence-corrected chi connectivity index (χ3v) is 4.06. The quantitative estimate of drug-likeness (QED) is 0.794. The predicted octanol–water partition coefficient (Wildman–Crippen LogP) is 1.92. The molecule has 1 unspecified atom stereocenters. The summed E-state index contributed by atoms with van der Waals surface area (Å²) < 4.78 is 0. The molecule has 1 amide bonds. The molecule has 0 aromatic heterocycles. The molecule has 92 valence electrons. The molecule has 0 spiro atoms. The Morgan fingerprint density at radius 3 is 2.31 bits per heavy atom. The zero-order valence-electron chi connectivity index (χ0n) is 10.6. The maximum Gasteiger partial charge on any atom is 0.239 e. The van der Waals surface area contributed by atoms with Crippen molar-refractivity contribution < 1.29 is 4.79 Å². The van der Waals surface area contributed by atoms with Crippen molar-refractivity contribution in [2.75, 3.05) is 13.1 Å². The first kappa shape index (κ1) is 11.9. The highest BCUT2D eigenvalue weighted by molar-refractivity contribution is 5.81. The number of likely N-dealkylation sites (tertiary alicyclic amines) is 1. The van der Waals surface area contributed by atoms with Crippen LogP contribution in [0.3, 0.4) is 0 Å². The van der Waals surface area contributed by atoms with E-state index in [9.17, 15) is 4.79 Å². The summed E-state index contributed by atoms with van der Waals surface area (Å²) in [5, 5.41) is 3.54. The van der Waals surface area contributed by atoms with Crippen molar-refractivity contribution in [3.63, 3.8) is 0 Å². The number of hydrogen-bond acceptors (Lipinski definition) is 2. The summed E-state index contributed by atoms with van der Waals surface area (Å²) >= 11 is 0. The molecule has 0 bridgehead atoms. The summed E-state index contributed by atoms with van der Waals surface area (Å²) in [4.78, 5) is 14.1. The van der Waals surface area contributed by atoms with Gasteiger partial charge in [0.25, 0.3) is 0 Å². The van der Waals surface area contributed by atoms with E-state index in [2.05, 4.69) is 12.2 Å². The van der Waals surface area contributed by atoms with E-state index in [0.29, 0.717) is 5.91 Å². The van der Waals surface area contributed by atoms with Gasteiger partial charge in [0.05, 0.1) is 6.04 Å². The predicted molar refractivity (Wildman–Crippen MR) is 65.3 cm³/mol. The van der Waals surface area contributed by atoms with Crippen molar-refractivity contribution in [1.82, 2.24) is 10.2 Å². The van der Waals surface area contributed by atoms with Gasteiger partial charge in [-0.3, -0.25) is 4.79 Å². The maximum absolute atomic E-state index is 12.1. The fourth-order valence-electron chi connectivity index (χ4n) is 3.10. The first-order valence-corrected chi connectivity index (χ1v) is 6.67. The van der Waals surface area contributed by atoms with Gasteiger partial charge in [0, 0.05) is 18.6 Å². The van der Waals surface area contributed by atoms with Gasteiger partial charge in [-0.15, -0.1) is 0 Å². The summed E-state index contributed by atoms with van der Waals surface area (Å²) in [5.74, 6) is 0.297. The van der Waals surface area contributed by atoms with Gasteiger partial charge in [0.15, 0.2) is 0 Å². The topological polar surface area (TPSA) is 32.3 Å². The van der Waals surface area contributed by atoms with Crippen LogP contribution in [0.15, 0.2) is 0 Å². The van der Waals surface area contributed by atoms with Gasteiger partial charge in [-0.2, -0.15) is 0 Å². The third kappa shape index (κ3) is 2.57. The van der Waals surface area contributed by atoms with Gasteiger partial charge in [-0.05, 0) is 39.5 Å². The fourth-order valence-corrected chi connectivity index (χ4v) is 3.10. The summed E-state index contributed by atoms with van der Waals surface area (Å²) in [5.41, 5.74) is 0.203. The SMILES string of the molecule is CC(NC1(C)CCCC1)C(=O)N1CCCC1. The lowest BCUT2D eigenvalue weighted by Gasteiger charge is -2.31. The summed E-state index contributed by atoms with van der Waals surface area (Å²) in [7, 11) is 0. The lowest BCUT2D eigenvalue weighted by Crippen LogP contribution is -2.52. The molecule has 2 fully saturated rings. The average Bonchev–Trinajstić information content (AvgIpc) is 2.87. The molecule has 3 heteroatoms. The molecule has 2 aliphatic rings. The maximum atomic E-state index is 12.1. The highest BCUT2D eigenvalue weighted by atomic mass is 16.2. The second-order valence-electron chi connectivity index (χ2n) is 5.67. The molecular formula is C13H24N2O. The summed E-state index contributed by atoms with van der Waals surface area (Å²) in [6, 6.07) is -0.0128. The molecule has 3 nitrogen and oxygen atoms in total. The van der Waals surface area contributed by atoms with Crippen LogP contribution in [0.4, 0.5) is 0 Å². The van der Waals surface area contributed by atoms with Crippen LogP contribution in [-0.2, 0) is 4.79 Å². The van der Waals surface area contributed by atoms with Gasteiger partial charge >= 0.3 is 0 Å². The van der Waals surface area contributed by atoms with Crippen molar-refractivity contribution in [3.8, 4) is 0 Å². The van der Waals surface area contributed by atoms with Crippen LogP contribution in [0.25, 0.3) is 0 Å². The third-order valence-electron chi connectivity index (χ3n) is 4.06. The number of hydrogen-bond donors (Lipinski definition) is 1. The Labute approximate surface area is 98.6 Å². The van der Waals surface area contributed by atoms with E-state index in [4.69, 9.17) is 0 Å². The van der Waals surface area contributed by atoms with Gasteiger partial charge in [-0.25, -0.2) is 0 Å². The lowest BCUT2D eigenvalue weighted by molar-refractivity contribution is -0.132. The molecule has 1 aliphatic carbocycles. The zero-order chi connectivity index (χ0) is 11.6. The van der Waals surface area contributed by atoms with E-state index >= 15 is 0 Å². The van der Waals surface area contributed by atoms with Crippen LogP contribution in [0, 0.1) is 0 Å². The van der Waals surface area contributed by atoms with E-state index in [0.717, 1.165) is 13.1 Å². The van der Waals surface area contributed by atoms with E-state index in [1.807, 2.05) is 11.8 Å². The Hall–Kier alpha value is -0.570. The van der Waals surface area contributed by atoms with Crippen molar-refractivity contribution in [1.29, 1.82) is 0 Å². The van der Waals surface area contributed by atoms with Crippen LogP contribution in [-0.4, -0.2) is 35.5 Å². The number of carbonyl (C=O) groups excluding carboxylic acids is 1. The number of nitrogens with zero attached hydrogens (tertiary/aromatic N) is 1. The van der Waals surface area contributed by atoms with Crippen LogP contribution in [0.5, 0.6) is 0 Å². The second kappa shape index (κ2) is 4.74. The highest BCUT2D eigenvalue weighted by Crippen LogP contribution is 2.29. The Morgan fingerprint density at radius 1 is 1.19 bits per heavy atom. The molecule has 1 saturated carbocycles. The molecule has 16 heavy (non-hydrogen) atoms. The van der Waals surface area contributed by atoms with Gasteiger partial charge in [0.2, 0.25) is 5.91 Å². The Balaban J connectivity index is 1.86. The number of amides is 1. The summed E-state index contributed by atoms with van der Waals surface area (Å²) in [6.07, 6.45) is 7.38. The number of rotatable bonds is 3. The van der Waals surface area contributed by atoms with E-state index in [-0.39, 0.29) is 11.6 Å². The minimum absolute atomic E-state index is 0.0128. The minimum atomic E-state index is -0.0128. The van der Waals surface area contributed by atoms with Crippen molar-refractivity contribution in [2.24, 2.45) is 0 Å². The van der Waals surface area contributed by atoms with E-state index < -0.39 is 0 Å². The molecular weight excluding hydrogens is 200 g/mol. The second-order valence-corrected chi connectivity index (χ2v) is 5.67. The average molecular weight is 224 g/mol. The van der Waals surface area contributed by atoms with Crippen molar-refractivity contribution in [3.05, 3.63) is 0 Å².